The average molecular weight is 370 g/mol. The third kappa shape index (κ3) is 2.54. The molecular weight excluding hydrogens is 363 g/mol. The van der Waals surface area contributed by atoms with Gasteiger partial charge < -0.3 is 9.52 Å². The molecule has 0 saturated carbocycles. The zero-order valence-electron chi connectivity index (χ0n) is 10.4. The zero-order valence-corrected chi connectivity index (χ0v) is 12.7. The van der Waals surface area contributed by atoms with Crippen LogP contribution in [0.2, 0.25) is 5.02 Å². The molecule has 0 aliphatic heterocycles. The van der Waals surface area contributed by atoms with Gasteiger partial charge in [-0.2, -0.15) is 0 Å². The second-order valence-electron chi connectivity index (χ2n) is 4.40. The highest BCUT2D eigenvalue weighted by molar-refractivity contribution is 9.10. The van der Waals surface area contributed by atoms with E-state index in [1.54, 1.807) is 12.1 Å². The lowest BCUT2D eigenvalue weighted by molar-refractivity contribution is 0.474. The molecule has 0 radical (unpaired) electrons. The molecule has 0 aliphatic carbocycles. The molecule has 3 nitrogen and oxygen atoms in total. The second kappa shape index (κ2) is 5.16. The van der Waals surface area contributed by atoms with E-state index in [4.69, 9.17) is 16.0 Å². The summed E-state index contributed by atoms with van der Waals surface area (Å²) in [5.41, 5.74) is -0.0178. The van der Waals surface area contributed by atoms with Gasteiger partial charge in [0, 0.05) is 10.5 Å². The number of hydrogen-bond acceptors (Lipinski definition) is 3. The van der Waals surface area contributed by atoms with Crippen LogP contribution in [-0.4, -0.2) is 5.11 Å². The van der Waals surface area contributed by atoms with Gasteiger partial charge in [0.25, 0.3) is 0 Å². The van der Waals surface area contributed by atoms with Gasteiger partial charge in [0.05, 0.1) is 16.0 Å². The van der Waals surface area contributed by atoms with Crippen molar-refractivity contribution < 1.29 is 13.9 Å². The van der Waals surface area contributed by atoms with Gasteiger partial charge in [-0.15, -0.1) is 0 Å². The van der Waals surface area contributed by atoms with Crippen molar-refractivity contribution in [2.24, 2.45) is 0 Å². The molecule has 0 amide bonds. The first-order chi connectivity index (χ1) is 9.95. The van der Waals surface area contributed by atoms with Crippen LogP contribution in [0.15, 0.2) is 50.1 Å². The number of aromatic hydroxyl groups is 1. The van der Waals surface area contributed by atoms with Crippen LogP contribution in [0.1, 0.15) is 0 Å². The minimum Gasteiger partial charge on any atom is -0.507 e. The van der Waals surface area contributed by atoms with E-state index in [0.29, 0.717) is 10.0 Å². The highest BCUT2D eigenvalue weighted by atomic mass is 79.9. The minimum atomic E-state index is -0.613. The molecule has 2 aromatic carbocycles. The Bertz CT molecular complexity index is 921. The van der Waals surface area contributed by atoms with Crippen LogP contribution < -0.4 is 5.43 Å². The van der Waals surface area contributed by atoms with Gasteiger partial charge in [-0.3, -0.25) is 4.79 Å². The van der Waals surface area contributed by atoms with Crippen LogP contribution in [0.5, 0.6) is 5.75 Å². The maximum absolute atomic E-state index is 13.3. The summed E-state index contributed by atoms with van der Waals surface area (Å²) >= 11 is 9.20. The second-order valence-corrected chi connectivity index (χ2v) is 5.72. The summed E-state index contributed by atoms with van der Waals surface area (Å²) in [5, 5.41) is 9.94. The number of halogens is 3. The standard InChI is InChI=1S/C15H7BrClFO3/c16-7-1-2-12(19)9(3-7)14-6-13(20)10-4-8(18)5-11(17)15(10)21-14/h1-6,19H. The summed E-state index contributed by atoms with van der Waals surface area (Å²) in [6.45, 7) is 0. The molecule has 1 N–H and O–H groups in total. The highest BCUT2D eigenvalue weighted by Crippen LogP contribution is 2.34. The van der Waals surface area contributed by atoms with Crippen molar-refractivity contribution in [1.82, 2.24) is 0 Å². The monoisotopic (exact) mass is 368 g/mol. The number of benzene rings is 2. The van der Waals surface area contributed by atoms with E-state index in [1.807, 2.05) is 0 Å². The third-order valence-electron chi connectivity index (χ3n) is 2.97. The fraction of sp³-hybridized carbons (Fsp3) is 0. The molecule has 0 bridgehead atoms. The molecule has 0 unspecified atom stereocenters. The smallest absolute Gasteiger partial charge is 0.193 e. The summed E-state index contributed by atoms with van der Waals surface area (Å²) in [6.07, 6.45) is 0. The average Bonchev–Trinajstić information content (AvgIpc) is 2.42. The number of fused-ring (bicyclic) bond motifs is 1. The quantitative estimate of drug-likeness (QED) is 0.675. The van der Waals surface area contributed by atoms with E-state index in [1.165, 1.54) is 12.1 Å². The Hall–Kier alpha value is -1.85. The topological polar surface area (TPSA) is 50.4 Å². The number of phenols is 1. The van der Waals surface area contributed by atoms with Gasteiger partial charge in [-0.1, -0.05) is 27.5 Å². The van der Waals surface area contributed by atoms with Crippen molar-refractivity contribution in [3.8, 4) is 17.1 Å². The Balaban J connectivity index is 2.35. The maximum atomic E-state index is 13.3. The van der Waals surface area contributed by atoms with Crippen LogP contribution in [-0.2, 0) is 0 Å². The van der Waals surface area contributed by atoms with Crippen molar-refractivity contribution >= 4 is 38.5 Å². The molecule has 3 aromatic rings. The number of rotatable bonds is 1. The lowest BCUT2D eigenvalue weighted by Crippen LogP contribution is -2.01. The van der Waals surface area contributed by atoms with Crippen molar-refractivity contribution in [3.05, 3.63) is 61.9 Å². The first-order valence-corrected chi connectivity index (χ1v) is 7.04. The van der Waals surface area contributed by atoms with Crippen molar-refractivity contribution in [3.63, 3.8) is 0 Å². The molecule has 6 heteroatoms. The minimum absolute atomic E-state index is 0.00145. The number of hydrogen-bond donors (Lipinski definition) is 1. The Kier molecular flexibility index (Phi) is 3.47. The Labute approximate surface area is 131 Å². The summed E-state index contributed by atoms with van der Waals surface area (Å²) in [4.78, 5) is 12.1. The van der Waals surface area contributed by atoms with Crippen LogP contribution in [0.25, 0.3) is 22.3 Å². The molecule has 0 fully saturated rings. The van der Waals surface area contributed by atoms with Crippen LogP contribution in [0.3, 0.4) is 0 Å². The summed E-state index contributed by atoms with van der Waals surface area (Å²) in [5.74, 6) is -0.503. The first kappa shape index (κ1) is 14.1. The number of phenolic OH excluding ortho intramolecular Hbond substituents is 1. The molecule has 1 aromatic heterocycles. The molecule has 0 spiro atoms. The van der Waals surface area contributed by atoms with E-state index in [-0.39, 0.29) is 27.5 Å². The SMILES string of the molecule is O=c1cc(-c2cc(Br)ccc2O)oc2c(Cl)cc(F)cc12. The normalized spacial score (nSPS) is 11.0. The fourth-order valence-electron chi connectivity index (χ4n) is 2.02. The van der Waals surface area contributed by atoms with Gasteiger partial charge in [0.2, 0.25) is 0 Å². The molecule has 0 atom stereocenters. The van der Waals surface area contributed by atoms with Gasteiger partial charge in [0.15, 0.2) is 11.0 Å². The largest absolute Gasteiger partial charge is 0.507 e. The van der Waals surface area contributed by atoms with E-state index < -0.39 is 11.2 Å². The van der Waals surface area contributed by atoms with Crippen LogP contribution in [0, 0.1) is 5.82 Å². The molecular formula is C15H7BrClFO3. The van der Waals surface area contributed by atoms with E-state index >= 15 is 0 Å². The van der Waals surface area contributed by atoms with Crippen LogP contribution in [0.4, 0.5) is 4.39 Å². The lowest BCUT2D eigenvalue weighted by atomic mass is 10.1. The molecule has 3 rings (SSSR count). The highest BCUT2D eigenvalue weighted by Gasteiger charge is 2.14. The van der Waals surface area contributed by atoms with Crippen LogP contribution >= 0.6 is 27.5 Å². The Morgan fingerprint density at radius 1 is 1.19 bits per heavy atom. The molecule has 0 aliphatic rings. The predicted molar refractivity (Wildman–Crippen MR) is 82.3 cm³/mol. The van der Waals surface area contributed by atoms with Crippen molar-refractivity contribution in [1.29, 1.82) is 0 Å². The summed E-state index contributed by atoms with van der Waals surface area (Å²) in [6, 6.07) is 8.06. The third-order valence-corrected chi connectivity index (χ3v) is 3.75. The van der Waals surface area contributed by atoms with Crippen molar-refractivity contribution in [2.75, 3.05) is 0 Å². The van der Waals surface area contributed by atoms with Gasteiger partial charge in [0.1, 0.15) is 17.3 Å². The van der Waals surface area contributed by atoms with Crippen molar-refractivity contribution in [2.45, 2.75) is 0 Å². The van der Waals surface area contributed by atoms with Gasteiger partial charge >= 0.3 is 0 Å². The van der Waals surface area contributed by atoms with Gasteiger partial charge in [-0.05, 0) is 30.3 Å². The van der Waals surface area contributed by atoms with E-state index in [9.17, 15) is 14.3 Å². The predicted octanol–water partition coefficient (Wildman–Crippen LogP) is 4.72. The zero-order chi connectivity index (χ0) is 15.1. The first-order valence-electron chi connectivity index (χ1n) is 5.87. The fourth-order valence-corrected chi connectivity index (χ4v) is 2.63. The van der Waals surface area contributed by atoms with Gasteiger partial charge in [-0.25, -0.2) is 4.39 Å². The molecule has 0 saturated heterocycles. The Morgan fingerprint density at radius 3 is 2.71 bits per heavy atom. The summed E-state index contributed by atoms with van der Waals surface area (Å²) in [7, 11) is 0. The molecule has 21 heavy (non-hydrogen) atoms. The lowest BCUT2D eigenvalue weighted by Gasteiger charge is -2.07. The summed E-state index contributed by atoms with van der Waals surface area (Å²) < 4.78 is 19.6. The molecule has 106 valence electrons. The molecule has 1 heterocycles. The maximum Gasteiger partial charge on any atom is 0.193 e. The Morgan fingerprint density at radius 2 is 1.95 bits per heavy atom. The van der Waals surface area contributed by atoms with E-state index in [2.05, 4.69) is 15.9 Å². The van der Waals surface area contributed by atoms with E-state index in [0.717, 1.165) is 12.1 Å².